The Kier molecular flexibility index (Phi) is 5.97. The van der Waals surface area contributed by atoms with Crippen LogP contribution in [0.1, 0.15) is 32.2 Å². The number of likely N-dealkylation sites (N-methyl/N-ethyl adjacent to an activating group) is 1. The molecule has 0 bridgehead atoms. The molecule has 0 N–H and O–H groups in total. The quantitative estimate of drug-likeness (QED) is 0.522. The molecule has 0 amide bonds. The predicted octanol–water partition coefficient (Wildman–Crippen LogP) is 5.18. The van der Waals surface area contributed by atoms with Crippen molar-refractivity contribution in [2.75, 3.05) is 13.6 Å². The number of Topliss-reactive ketones (excluding diaryl/α,β-unsaturated/α-hetero) is 1. The van der Waals surface area contributed by atoms with Gasteiger partial charge < -0.3 is 4.57 Å². The summed E-state index contributed by atoms with van der Waals surface area (Å²) in [7, 11) is 1.97. The number of carbonyl (C=O) groups is 1. The third kappa shape index (κ3) is 4.44. The highest BCUT2D eigenvalue weighted by Gasteiger charge is 2.17. The number of halogens is 1. The van der Waals surface area contributed by atoms with Crippen molar-refractivity contribution in [2.45, 2.75) is 26.9 Å². The van der Waals surface area contributed by atoms with E-state index in [2.05, 4.69) is 23.6 Å². The first-order chi connectivity index (χ1) is 12.4. The Morgan fingerprint density at radius 2 is 1.88 bits per heavy atom. The lowest BCUT2D eigenvalue weighted by Gasteiger charge is -2.15. The zero-order chi connectivity index (χ0) is 18.7. The summed E-state index contributed by atoms with van der Waals surface area (Å²) >= 11 is 7.54. The van der Waals surface area contributed by atoms with Gasteiger partial charge in [0.1, 0.15) is 0 Å². The molecule has 0 saturated heterocycles. The maximum absolute atomic E-state index is 12.8. The Morgan fingerprint density at radius 3 is 2.54 bits per heavy atom. The molecule has 0 unspecified atom stereocenters. The van der Waals surface area contributed by atoms with Gasteiger partial charge in [0, 0.05) is 34.9 Å². The Labute approximate surface area is 163 Å². The molecule has 26 heavy (non-hydrogen) atoms. The molecule has 136 valence electrons. The van der Waals surface area contributed by atoms with Crippen LogP contribution in [0.15, 0.2) is 48.5 Å². The van der Waals surface area contributed by atoms with Crippen LogP contribution in [0.3, 0.4) is 0 Å². The molecule has 3 nitrogen and oxygen atoms in total. The minimum Gasteiger partial charge on any atom is -0.344 e. The number of ketones is 1. The number of carbonyl (C=O) groups excluding carboxylic acids is 1. The number of thiophene rings is 1. The van der Waals surface area contributed by atoms with Gasteiger partial charge in [-0.05, 0) is 44.7 Å². The molecule has 0 atom stereocenters. The van der Waals surface area contributed by atoms with E-state index in [1.165, 1.54) is 10.4 Å². The van der Waals surface area contributed by atoms with Crippen LogP contribution in [0, 0.1) is 13.8 Å². The van der Waals surface area contributed by atoms with Crippen molar-refractivity contribution in [3.05, 3.63) is 80.3 Å². The number of hydrogen-bond donors (Lipinski definition) is 0. The fourth-order valence-corrected chi connectivity index (χ4v) is 4.35. The summed E-state index contributed by atoms with van der Waals surface area (Å²) in [5.74, 6) is 0.155. The first kappa shape index (κ1) is 18.9. The second kappa shape index (κ2) is 8.21. The van der Waals surface area contributed by atoms with Crippen LogP contribution in [0.4, 0.5) is 0 Å². The van der Waals surface area contributed by atoms with Gasteiger partial charge in [-0.2, -0.15) is 0 Å². The van der Waals surface area contributed by atoms with Crippen molar-refractivity contribution in [3.63, 3.8) is 0 Å². The fourth-order valence-electron chi connectivity index (χ4n) is 3.18. The van der Waals surface area contributed by atoms with E-state index in [4.69, 9.17) is 11.6 Å². The van der Waals surface area contributed by atoms with Gasteiger partial charge >= 0.3 is 0 Å². The largest absolute Gasteiger partial charge is 0.344 e. The standard InChI is InChI=1S/C21H23ClN2OS/c1-15-11-19(16(2)24(15)12-17-7-5-4-6-8-17)20(25)14-23(3)13-18-9-10-21(22)26-18/h4-11H,12-14H2,1-3H3. The fraction of sp³-hybridized carbons (Fsp3) is 0.286. The summed E-state index contributed by atoms with van der Waals surface area (Å²) in [4.78, 5) is 16.0. The third-order valence-corrected chi connectivity index (χ3v) is 5.74. The molecule has 2 heterocycles. The van der Waals surface area contributed by atoms with E-state index in [0.29, 0.717) is 6.54 Å². The van der Waals surface area contributed by atoms with E-state index in [1.807, 2.05) is 55.3 Å². The Hall–Kier alpha value is -1.88. The highest BCUT2D eigenvalue weighted by molar-refractivity contribution is 7.16. The summed E-state index contributed by atoms with van der Waals surface area (Å²) in [6.07, 6.45) is 0. The van der Waals surface area contributed by atoms with Crippen molar-refractivity contribution < 1.29 is 4.79 Å². The summed E-state index contributed by atoms with van der Waals surface area (Å²) < 4.78 is 2.99. The minimum atomic E-state index is 0.155. The molecule has 0 fully saturated rings. The third-order valence-electron chi connectivity index (χ3n) is 4.53. The average Bonchev–Trinajstić information content (AvgIpc) is 3.13. The maximum Gasteiger partial charge on any atom is 0.178 e. The van der Waals surface area contributed by atoms with Crippen LogP contribution >= 0.6 is 22.9 Å². The van der Waals surface area contributed by atoms with E-state index in [0.717, 1.165) is 34.4 Å². The maximum atomic E-state index is 12.8. The number of rotatable bonds is 7. The Bertz CT molecular complexity index is 898. The van der Waals surface area contributed by atoms with Crippen molar-refractivity contribution in [1.29, 1.82) is 0 Å². The van der Waals surface area contributed by atoms with Crippen LogP contribution in [-0.4, -0.2) is 28.8 Å². The molecule has 0 aliphatic carbocycles. The molecule has 3 rings (SSSR count). The highest BCUT2D eigenvalue weighted by Crippen LogP contribution is 2.23. The van der Waals surface area contributed by atoms with Crippen LogP contribution in [0.25, 0.3) is 0 Å². The van der Waals surface area contributed by atoms with Crippen LogP contribution in [-0.2, 0) is 13.1 Å². The zero-order valence-corrected chi connectivity index (χ0v) is 16.9. The Balaban J connectivity index is 1.70. The lowest BCUT2D eigenvalue weighted by Crippen LogP contribution is -2.25. The summed E-state index contributed by atoms with van der Waals surface area (Å²) in [5.41, 5.74) is 4.20. The number of aryl methyl sites for hydroxylation is 1. The number of benzene rings is 1. The van der Waals surface area contributed by atoms with Crippen molar-refractivity contribution in [1.82, 2.24) is 9.47 Å². The van der Waals surface area contributed by atoms with Gasteiger partial charge in [0.25, 0.3) is 0 Å². The van der Waals surface area contributed by atoms with Crippen LogP contribution in [0.2, 0.25) is 4.34 Å². The normalized spacial score (nSPS) is 11.3. The van der Waals surface area contributed by atoms with Gasteiger partial charge in [-0.1, -0.05) is 41.9 Å². The smallest absolute Gasteiger partial charge is 0.178 e. The van der Waals surface area contributed by atoms with E-state index >= 15 is 0 Å². The van der Waals surface area contributed by atoms with Gasteiger partial charge in [0.15, 0.2) is 5.78 Å². The molecule has 3 aromatic rings. The minimum absolute atomic E-state index is 0.155. The average molecular weight is 387 g/mol. The summed E-state index contributed by atoms with van der Waals surface area (Å²) in [6.45, 7) is 6.00. The van der Waals surface area contributed by atoms with Crippen molar-refractivity contribution in [2.24, 2.45) is 0 Å². The van der Waals surface area contributed by atoms with Gasteiger partial charge in [-0.3, -0.25) is 9.69 Å². The van der Waals surface area contributed by atoms with Crippen LogP contribution < -0.4 is 0 Å². The Morgan fingerprint density at radius 1 is 1.15 bits per heavy atom. The topological polar surface area (TPSA) is 25.2 Å². The second-order valence-electron chi connectivity index (χ2n) is 6.66. The highest BCUT2D eigenvalue weighted by atomic mass is 35.5. The van der Waals surface area contributed by atoms with Crippen LogP contribution in [0.5, 0.6) is 0 Å². The van der Waals surface area contributed by atoms with E-state index < -0.39 is 0 Å². The molecule has 0 aliphatic heterocycles. The van der Waals surface area contributed by atoms with Gasteiger partial charge in [-0.25, -0.2) is 0 Å². The summed E-state index contributed by atoms with van der Waals surface area (Å²) in [6, 6.07) is 16.2. The second-order valence-corrected chi connectivity index (χ2v) is 8.46. The van der Waals surface area contributed by atoms with E-state index in [1.54, 1.807) is 11.3 Å². The molecule has 0 saturated carbocycles. The summed E-state index contributed by atoms with van der Waals surface area (Å²) in [5, 5.41) is 0. The van der Waals surface area contributed by atoms with E-state index in [9.17, 15) is 4.79 Å². The number of nitrogens with zero attached hydrogens (tertiary/aromatic N) is 2. The molecule has 1 aromatic carbocycles. The molecule has 0 radical (unpaired) electrons. The lowest BCUT2D eigenvalue weighted by molar-refractivity contribution is 0.0943. The zero-order valence-electron chi connectivity index (χ0n) is 15.3. The van der Waals surface area contributed by atoms with Gasteiger partial charge in [0.2, 0.25) is 0 Å². The molecular formula is C21H23ClN2OS. The first-order valence-electron chi connectivity index (χ1n) is 8.60. The molecule has 0 spiro atoms. The molecular weight excluding hydrogens is 364 g/mol. The molecule has 2 aromatic heterocycles. The predicted molar refractivity (Wildman–Crippen MR) is 109 cm³/mol. The number of hydrogen-bond acceptors (Lipinski definition) is 3. The van der Waals surface area contributed by atoms with Crippen molar-refractivity contribution in [3.8, 4) is 0 Å². The SMILES string of the molecule is Cc1cc(C(=O)CN(C)Cc2ccc(Cl)s2)c(C)n1Cc1ccccc1. The first-order valence-corrected chi connectivity index (χ1v) is 9.80. The van der Waals surface area contributed by atoms with Gasteiger partial charge in [-0.15, -0.1) is 11.3 Å². The van der Waals surface area contributed by atoms with Gasteiger partial charge in [0.05, 0.1) is 10.9 Å². The molecule has 0 aliphatic rings. The molecule has 5 heteroatoms. The lowest BCUT2D eigenvalue weighted by atomic mass is 10.1. The number of aromatic nitrogens is 1. The monoisotopic (exact) mass is 386 g/mol. The van der Waals surface area contributed by atoms with E-state index in [-0.39, 0.29) is 5.78 Å². The van der Waals surface area contributed by atoms with Crippen molar-refractivity contribution >= 4 is 28.7 Å².